The third-order valence-electron chi connectivity index (χ3n) is 6.69. The molecule has 9 nitrogen and oxygen atoms in total. The third kappa shape index (κ3) is 5.52. The molecular formula is C26H28ClF3N4O5. The van der Waals surface area contributed by atoms with Crippen LogP contribution < -0.4 is 4.90 Å². The molecule has 4 rings (SSSR count). The van der Waals surface area contributed by atoms with Crippen LogP contribution in [-0.2, 0) is 14.9 Å². The molecule has 1 amide bonds. The lowest BCUT2D eigenvalue weighted by Gasteiger charge is -2.42. The number of aliphatic hydroxyl groups is 3. The molecule has 1 unspecified atom stereocenters. The van der Waals surface area contributed by atoms with E-state index >= 15 is 0 Å². The van der Waals surface area contributed by atoms with Crippen molar-refractivity contribution < 1.29 is 38.0 Å². The van der Waals surface area contributed by atoms with Crippen LogP contribution in [0.1, 0.15) is 32.4 Å². The highest BCUT2D eigenvalue weighted by atomic mass is 35.5. The zero-order valence-electron chi connectivity index (χ0n) is 21.5. The molecular weight excluding hydrogens is 541 g/mol. The number of halogens is 4. The lowest BCUT2D eigenvalue weighted by Crippen LogP contribution is -2.60. The smallest absolute Gasteiger partial charge is 0.258 e. The molecule has 5 atom stereocenters. The number of benzene rings is 2. The number of hydrogen-bond acceptors (Lipinski definition) is 7. The molecule has 0 saturated carbocycles. The summed E-state index contributed by atoms with van der Waals surface area (Å²) in [5.74, 6) is -5.20. The highest BCUT2D eigenvalue weighted by Gasteiger charge is 2.49. The van der Waals surface area contributed by atoms with E-state index < -0.39 is 60.4 Å². The van der Waals surface area contributed by atoms with Gasteiger partial charge in [-0.25, -0.2) is 17.9 Å². The molecule has 210 valence electrons. The van der Waals surface area contributed by atoms with Gasteiger partial charge in [0.1, 0.15) is 30.0 Å². The number of rotatable bonds is 5. The highest BCUT2D eigenvalue weighted by molar-refractivity contribution is 6.31. The maximum atomic E-state index is 13.7. The summed E-state index contributed by atoms with van der Waals surface area (Å²) in [6.07, 6.45) is -4.92. The summed E-state index contributed by atoms with van der Waals surface area (Å²) >= 11 is 6.21. The Morgan fingerprint density at radius 2 is 1.77 bits per heavy atom. The van der Waals surface area contributed by atoms with Gasteiger partial charge in [-0.15, -0.1) is 5.10 Å². The molecule has 2 aromatic carbocycles. The number of nitrogens with zero attached hydrogens (tertiary/aromatic N) is 4. The van der Waals surface area contributed by atoms with Gasteiger partial charge in [0.05, 0.1) is 12.8 Å². The molecule has 1 aliphatic heterocycles. The van der Waals surface area contributed by atoms with Crippen LogP contribution in [0.5, 0.6) is 0 Å². The van der Waals surface area contributed by atoms with Gasteiger partial charge in [-0.3, -0.25) is 4.79 Å². The van der Waals surface area contributed by atoms with E-state index in [1.54, 1.807) is 18.2 Å². The minimum absolute atomic E-state index is 0.0898. The average Bonchev–Trinajstić information content (AvgIpc) is 3.35. The van der Waals surface area contributed by atoms with Gasteiger partial charge < -0.3 is 25.0 Å². The first-order chi connectivity index (χ1) is 18.2. The molecule has 0 bridgehead atoms. The van der Waals surface area contributed by atoms with Gasteiger partial charge in [0.25, 0.3) is 5.91 Å². The van der Waals surface area contributed by atoms with E-state index in [4.69, 9.17) is 16.3 Å². The zero-order chi connectivity index (χ0) is 28.8. The third-order valence-corrected chi connectivity index (χ3v) is 6.93. The Morgan fingerprint density at radius 3 is 2.36 bits per heavy atom. The fourth-order valence-electron chi connectivity index (χ4n) is 4.60. The largest absolute Gasteiger partial charge is 0.394 e. The fraction of sp³-hybridized carbons (Fsp3) is 0.423. The van der Waals surface area contributed by atoms with E-state index in [1.165, 1.54) is 18.1 Å². The summed E-state index contributed by atoms with van der Waals surface area (Å²) < 4.78 is 47.5. The molecule has 39 heavy (non-hydrogen) atoms. The van der Waals surface area contributed by atoms with Crippen molar-refractivity contribution >= 4 is 23.2 Å². The Kier molecular flexibility index (Phi) is 8.06. The number of anilines is 1. The summed E-state index contributed by atoms with van der Waals surface area (Å²) in [5.41, 5.74) is 0.664. The van der Waals surface area contributed by atoms with E-state index in [1.807, 2.05) is 20.8 Å². The van der Waals surface area contributed by atoms with E-state index in [2.05, 4.69) is 10.3 Å². The molecule has 3 aromatic rings. The number of carbonyl (C=O) groups excluding carboxylic acids is 1. The summed E-state index contributed by atoms with van der Waals surface area (Å²) in [7, 11) is 1.48. The second-order valence-electron chi connectivity index (χ2n) is 10.4. The van der Waals surface area contributed by atoms with Crippen molar-refractivity contribution in [3.63, 3.8) is 0 Å². The first-order valence-corrected chi connectivity index (χ1v) is 12.4. The molecule has 0 aliphatic carbocycles. The van der Waals surface area contributed by atoms with Gasteiger partial charge >= 0.3 is 0 Å². The second-order valence-corrected chi connectivity index (χ2v) is 10.8. The normalized spacial score (nSPS) is 23.6. The van der Waals surface area contributed by atoms with E-state index in [9.17, 15) is 33.3 Å². The van der Waals surface area contributed by atoms with Gasteiger partial charge in [0.15, 0.2) is 23.6 Å². The minimum atomic E-state index is -1.69. The minimum Gasteiger partial charge on any atom is -0.394 e. The van der Waals surface area contributed by atoms with Gasteiger partial charge in [-0.1, -0.05) is 43.7 Å². The van der Waals surface area contributed by atoms with Crippen molar-refractivity contribution in [1.82, 2.24) is 15.0 Å². The van der Waals surface area contributed by atoms with E-state index in [0.717, 1.165) is 22.4 Å². The van der Waals surface area contributed by atoms with Crippen LogP contribution in [0.3, 0.4) is 0 Å². The SMILES string of the molecule is CN(C(=O)C1O[C@H](CO)[C@H](O)[C@H](n2cc(-c3cc(F)c(F)c(F)c3)nn2)[C@H]1O)c1cc(Cl)ccc1C(C)(C)C. The Bertz CT molecular complexity index is 1360. The van der Waals surface area contributed by atoms with Crippen LogP contribution in [0, 0.1) is 17.5 Å². The van der Waals surface area contributed by atoms with Crippen LogP contribution in [0.25, 0.3) is 11.3 Å². The van der Waals surface area contributed by atoms with Gasteiger partial charge in [0.2, 0.25) is 0 Å². The van der Waals surface area contributed by atoms with Crippen LogP contribution in [-0.4, -0.2) is 74.3 Å². The summed E-state index contributed by atoms with van der Waals surface area (Å²) in [6, 6.07) is 5.19. The number of amides is 1. The summed E-state index contributed by atoms with van der Waals surface area (Å²) in [5, 5.41) is 40.0. The van der Waals surface area contributed by atoms with Crippen molar-refractivity contribution in [2.45, 2.75) is 56.6 Å². The standard InChI is InChI=1S/C26H28ClF3N4O5/c1-26(2,3)14-6-5-13(27)9-18(14)33(4)25(38)24-23(37)21(22(36)19(11-35)39-24)34-10-17(31-32-34)12-7-15(28)20(30)16(29)8-12/h5-10,19,21-24,35-37H,11H2,1-4H3/t19-,21+,22+,23-,24?/m1/s1. The molecule has 1 aliphatic rings. The lowest BCUT2D eigenvalue weighted by atomic mass is 9.85. The predicted octanol–water partition coefficient (Wildman–Crippen LogP) is 3.00. The molecule has 13 heteroatoms. The maximum absolute atomic E-state index is 13.7. The van der Waals surface area contributed by atoms with Crippen molar-refractivity contribution in [2.75, 3.05) is 18.6 Å². The number of likely N-dealkylation sites (N-methyl/N-ethyl adjacent to an activating group) is 1. The van der Waals surface area contributed by atoms with Crippen molar-refractivity contribution in [3.8, 4) is 11.3 Å². The molecule has 0 spiro atoms. The van der Waals surface area contributed by atoms with Crippen LogP contribution in [0.15, 0.2) is 36.5 Å². The number of aliphatic hydroxyl groups excluding tert-OH is 3. The first-order valence-electron chi connectivity index (χ1n) is 12.0. The van der Waals surface area contributed by atoms with E-state index in [-0.39, 0.29) is 16.7 Å². The topological polar surface area (TPSA) is 121 Å². The van der Waals surface area contributed by atoms with Gasteiger partial charge in [-0.05, 0) is 35.2 Å². The number of ether oxygens (including phenoxy) is 1. The molecule has 2 heterocycles. The summed E-state index contributed by atoms with van der Waals surface area (Å²) in [4.78, 5) is 14.9. The Labute approximate surface area is 227 Å². The first kappa shape index (κ1) is 29.0. The van der Waals surface area contributed by atoms with Crippen LogP contribution in [0.4, 0.5) is 18.9 Å². The number of aromatic nitrogens is 3. The second kappa shape index (κ2) is 10.9. The monoisotopic (exact) mass is 568 g/mol. The van der Waals surface area contributed by atoms with Crippen molar-refractivity contribution in [2.24, 2.45) is 0 Å². The molecule has 0 radical (unpaired) electrons. The Morgan fingerprint density at radius 1 is 1.13 bits per heavy atom. The fourth-order valence-corrected chi connectivity index (χ4v) is 4.77. The number of carbonyl (C=O) groups is 1. The average molecular weight is 569 g/mol. The Hall–Kier alpha value is -3.03. The number of hydrogen-bond donors (Lipinski definition) is 3. The van der Waals surface area contributed by atoms with E-state index in [0.29, 0.717) is 10.7 Å². The quantitative estimate of drug-likeness (QED) is 0.405. The molecule has 1 fully saturated rings. The summed E-state index contributed by atoms with van der Waals surface area (Å²) in [6.45, 7) is 5.18. The molecule has 1 aromatic heterocycles. The zero-order valence-corrected chi connectivity index (χ0v) is 22.3. The van der Waals surface area contributed by atoms with Crippen molar-refractivity contribution in [3.05, 3.63) is 64.6 Å². The van der Waals surface area contributed by atoms with Crippen LogP contribution >= 0.6 is 11.6 Å². The predicted molar refractivity (Wildman–Crippen MR) is 136 cm³/mol. The van der Waals surface area contributed by atoms with Gasteiger partial charge in [0, 0.05) is 23.3 Å². The van der Waals surface area contributed by atoms with Crippen molar-refractivity contribution in [1.29, 1.82) is 0 Å². The lowest BCUT2D eigenvalue weighted by molar-refractivity contribution is -0.205. The molecule has 1 saturated heterocycles. The molecule has 3 N–H and O–H groups in total. The van der Waals surface area contributed by atoms with Gasteiger partial charge in [-0.2, -0.15) is 0 Å². The van der Waals surface area contributed by atoms with Crippen LogP contribution in [0.2, 0.25) is 5.02 Å². The maximum Gasteiger partial charge on any atom is 0.258 e. The highest BCUT2D eigenvalue weighted by Crippen LogP contribution is 2.36. The Balaban J connectivity index is 1.69.